The van der Waals surface area contributed by atoms with E-state index in [1.165, 1.54) is 17.0 Å². The predicted octanol–water partition coefficient (Wildman–Crippen LogP) is 1.90. The fourth-order valence-corrected chi connectivity index (χ4v) is 1.46. The highest BCUT2D eigenvalue weighted by Crippen LogP contribution is 2.19. The fraction of sp³-hybridized carbons (Fsp3) is 0.364. The molecule has 0 aliphatic heterocycles. The molecule has 3 nitrogen and oxygen atoms in total. The SMILES string of the molecule is CC(CN)N(C)C(=O)c1ccc(F)cc1Cl. The van der Waals surface area contributed by atoms with Gasteiger partial charge in [-0.05, 0) is 25.1 Å². The van der Waals surface area contributed by atoms with Gasteiger partial charge in [0, 0.05) is 19.6 Å². The maximum atomic E-state index is 12.8. The van der Waals surface area contributed by atoms with Crippen LogP contribution in [-0.4, -0.2) is 30.4 Å². The van der Waals surface area contributed by atoms with E-state index in [0.29, 0.717) is 6.54 Å². The number of likely N-dealkylation sites (N-methyl/N-ethyl adjacent to an activating group) is 1. The van der Waals surface area contributed by atoms with E-state index in [2.05, 4.69) is 0 Å². The molecule has 1 amide bonds. The van der Waals surface area contributed by atoms with Crippen molar-refractivity contribution in [3.8, 4) is 0 Å². The Bertz CT molecular complexity index is 398. The van der Waals surface area contributed by atoms with Crippen molar-refractivity contribution in [3.05, 3.63) is 34.6 Å². The van der Waals surface area contributed by atoms with Crippen LogP contribution < -0.4 is 5.73 Å². The Morgan fingerprint density at radius 2 is 2.25 bits per heavy atom. The molecule has 0 heterocycles. The molecule has 1 atom stereocenters. The molecular weight excluding hydrogens is 231 g/mol. The minimum absolute atomic E-state index is 0.0892. The molecule has 0 aliphatic carbocycles. The van der Waals surface area contributed by atoms with Gasteiger partial charge in [-0.2, -0.15) is 0 Å². The van der Waals surface area contributed by atoms with Crippen LogP contribution in [0.5, 0.6) is 0 Å². The second-order valence-corrected chi connectivity index (χ2v) is 4.03. The van der Waals surface area contributed by atoms with Crippen LogP contribution in [0.1, 0.15) is 17.3 Å². The van der Waals surface area contributed by atoms with Gasteiger partial charge in [-0.15, -0.1) is 0 Å². The van der Waals surface area contributed by atoms with Gasteiger partial charge in [-0.25, -0.2) is 4.39 Å². The summed E-state index contributed by atoms with van der Waals surface area (Å²) in [4.78, 5) is 13.4. The van der Waals surface area contributed by atoms with E-state index in [1.807, 2.05) is 6.92 Å². The van der Waals surface area contributed by atoms with Gasteiger partial charge < -0.3 is 10.6 Å². The zero-order valence-electron chi connectivity index (χ0n) is 9.21. The van der Waals surface area contributed by atoms with E-state index < -0.39 is 5.82 Å². The zero-order chi connectivity index (χ0) is 12.3. The van der Waals surface area contributed by atoms with Gasteiger partial charge in [-0.1, -0.05) is 11.6 Å². The van der Waals surface area contributed by atoms with Crippen LogP contribution >= 0.6 is 11.6 Å². The number of benzene rings is 1. The number of hydrogen-bond donors (Lipinski definition) is 1. The van der Waals surface area contributed by atoms with E-state index in [0.717, 1.165) is 6.07 Å². The van der Waals surface area contributed by atoms with Crippen molar-refractivity contribution in [1.29, 1.82) is 0 Å². The lowest BCUT2D eigenvalue weighted by Crippen LogP contribution is -2.39. The summed E-state index contributed by atoms with van der Waals surface area (Å²) in [6, 6.07) is 3.61. The van der Waals surface area contributed by atoms with Gasteiger partial charge in [0.15, 0.2) is 0 Å². The summed E-state index contributed by atoms with van der Waals surface area (Å²) in [6.45, 7) is 2.19. The topological polar surface area (TPSA) is 46.3 Å². The first-order valence-corrected chi connectivity index (χ1v) is 5.27. The number of carbonyl (C=O) groups excluding carboxylic acids is 1. The number of rotatable bonds is 3. The zero-order valence-corrected chi connectivity index (χ0v) is 9.96. The molecule has 0 fully saturated rings. The van der Waals surface area contributed by atoms with E-state index in [9.17, 15) is 9.18 Å². The van der Waals surface area contributed by atoms with Crippen LogP contribution in [0, 0.1) is 5.82 Å². The number of nitrogens with two attached hydrogens (primary N) is 1. The number of halogens is 2. The van der Waals surface area contributed by atoms with E-state index in [-0.39, 0.29) is 22.5 Å². The molecule has 5 heteroatoms. The van der Waals surface area contributed by atoms with Gasteiger partial charge in [0.25, 0.3) is 5.91 Å². The van der Waals surface area contributed by atoms with E-state index >= 15 is 0 Å². The summed E-state index contributed by atoms with van der Waals surface area (Å²) >= 11 is 5.80. The van der Waals surface area contributed by atoms with Crippen LogP contribution in [0.25, 0.3) is 0 Å². The maximum Gasteiger partial charge on any atom is 0.255 e. The minimum atomic E-state index is -0.462. The molecule has 1 unspecified atom stereocenters. The van der Waals surface area contributed by atoms with Crippen LogP contribution in [-0.2, 0) is 0 Å². The second kappa shape index (κ2) is 5.27. The Morgan fingerprint density at radius 3 is 2.75 bits per heavy atom. The number of hydrogen-bond acceptors (Lipinski definition) is 2. The summed E-state index contributed by atoms with van der Waals surface area (Å²) in [5.41, 5.74) is 5.75. The number of carbonyl (C=O) groups is 1. The highest BCUT2D eigenvalue weighted by atomic mass is 35.5. The molecule has 0 bridgehead atoms. The van der Waals surface area contributed by atoms with Crippen LogP contribution in [0.4, 0.5) is 4.39 Å². The summed E-state index contributed by atoms with van der Waals surface area (Å²) < 4.78 is 12.8. The molecule has 0 spiro atoms. The average Bonchev–Trinajstić information content (AvgIpc) is 2.26. The standard InChI is InChI=1S/C11H14ClFN2O/c1-7(6-14)15(2)11(16)9-4-3-8(13)5-10(9)12/h3-5,7H,6,14H2,1-2H3. The molecule has 0 saturated carbocycles. The molecule has 1 aromatic rings. The summed E-state index contributed by atoms with van der Waals surface area (Å²) in [7, 11) is 1.64. The predicted molar refractivity (Wildman–Crippen MR) is 62.0 cm³/mol. The third kappa shape index (κ3) is 2.71. The lowest BCUT2D eigenvalue weighted by molar-refractivity contribution is 0.0748. The molecule has 1 aromatic carbocycles. The maximum absolute atomic E-state index is 12.8. The minimum Gasteiger partial charge on any atom is -0.338 e. The van der Waals surface area contributed by atoms with Gasteiger partial charge in [0.05, 0.1) is 10.6 Å². The Kier molecular flexibility index (Phi) is 4.26. The van der Waals surface area contributed by atoms with Gasteiger partial charge in [-0.3, -0.25) is 4.79 Å². The third-order valence-electron chi connectivity index (χ3n) is 2.48. The summed E-state index contributed by atoms with van der Waals surface area (Å²) in [6.07, 6.45) is 0. The molecule has 88 valence electrons. The molecule has 2 N–H and O–H groups in total. The van der Waals surface area contributed by atoms with Crippen molar-refractivity contribution in [1.82, 2.24) is 4.90 Å². The first kappa shape index (κ1) is 12.9. The van der Waals surface area contributed by atoms with Crippen molar-refractivity contribution in [2.45, 2.75) is 13.0 Å². The number of amides is 1. The van der Waals surface area contributed by atoms with Gasteiger partial charge >= 0.3 is 0 Å². The van der Waals surface area contributed by atoms with Crippen LogP contribution in [0.15, 0.2) is 18.2 Å². The van der Waals surface area contributed by atoms with Gasteiger partial charge in [0.1, 0.15) is 5.82 Å². The number of nitrogens with zero attached hydrogens (tertiary/aromatic N) is 1. The highest BCUT2D eigenvalue weighted by molar-refractivity contribution is 6.33. The Balaban J connectivity index is 2.96. The van der Waals surface area contributed by atoms with Crippen molar-refractivity contribution >= 4 is 17.5 Å². The Labute approximate surface area is 99.0 Å². The monoisotopic (exact) mass is 244 g/mol. The van der Waals surface area contributed by atoms with E-state index in [4.69, 9.17) is 17.3 Å². The fourth-order valence-electron chi connectivity index (χ4n) is 1.21. The van der Waals surface area contributed by atoms with Gasteiger partial charge in [0.2, 0.25) is 0 Å². The summed E-state index contributed by atoms with van der Waals surface area (Å²) in [5.74, 6) is -0.723. The molecule has 0 radical (unpaired) electrons. The molecule has 0 aliphatic rings. The molecule has 0 saturated heterocycles. The Morgan fingerprint density at radius 1 is 1.62 bits per heavy atom. The second-order valence-electron chi connectivity index (χ2n) is 3.62. The lowest BCUT2D eigenvalue weighted by Gasteiger charge is -2.24. The van der Waals surface area contributed by atoms with E-state index in [1.54, 1.807) is 7.05 Å². The first-order chi connectivity index (χ1) is 7.47. The third-order valence-corrected chi connectivity index (χ3v) is 2.80. The van der Waals surface area contributed by atoms with Crippen LogP contribution in [0.2, 0.25) is 5.02 Å². The smallest absolute Gasteiger partial charge is 0.255 e. The Hall–Kier alpha value is -1.13. The molecule has 16 heavy (non-hydrogen) atoms. The first-order valence-electron chi connectivity index (χ1n) is 4.89. The highest BCUT2D eigenvalue weighted by Gasteiger charge is 2.18. The molecular formula is C11H14ClFN2O. The molecule has 1 rings (SSSR count). The normalized spacial score (nSPS) is 12.3. The van der Waals surface area contributed by atoms with Crippen molar-refractivity contribution in [2.24, 2.45) is 5.73 Å². The van der Waals surface area contributed by atoms with Crippen molar-refractivity contribution < 1.29 is 9.18 Å². The lowest BCUT2D eigenvalue weighted by atomic mass is 10.1. The largest absolute Gasteiger partial charge is 0.338 e. The van der Waals surface area contributed by atoms with Crippen molar-refractivity contribution in [2.75, 3.05) is 13.6 Å². The summed E-state index contributed by atoms with van der Waals surface area (Å²) in [5, 5.41) is 0.112. The van der Waals surface area contributed by atoms with Crippen molar-refractivity contribution in [3.63, 3.8) is 0 Å². The quantitative estimate of drug-likeness (QED) is 0.883. The average molecular weight is 245 g/mol. The van der Waals surface area contributed by atoms with Crippen LogP contribution in [0.3, 0.4) is 0 Å². The molecule has 0 aromatic heterocycles.